The van der Waals surface area contributed by atoms with Crippen molar-refractivity contribution in [2.75, 3.05) is 12.8 Å². The van der Waals surface area contributed by atoms with Crippen LogP contribution >= 0.6 is 0 Å². The monoisotopic (exact) mass is 256 g/mol. The van der Waals surface area contributed by atoms with Crippen LogP contribution in [-0.2, 0) is 6.54 Å². The lowest BCUT2D eigenvalue weighted by Gasteiger charge is -2.16. The Morgan fingerprint density at radius 1 is 1.21 bits per heavy atom. The molecule has 98 valence electrons. The van der Waals surface area contributed by atoms with Crippen LogP contribution in [0.4, 0.5) is 5.82 Å². The number of anilines is 1. The average Bonchev–Trinajstić information content (AvgIpc) is 2.41. The van der Waals surface area contributed by atoms with Gasteiger partial charge in [0.05, 0.1) is 12.4 Å². The van der Waals surface area contributed by atoms with Crippen LogP contribution in [0.15, 0.2) is 36.7 Å². The molecular weight excluding hydrogens is 240 g/mol. The van der Waals surface area contributed by atoms with Gasteiger partial charge in [-0.3, -0.25) is 4.79 Å². The van der Waals surface area contributed by atoms with E-state index >= 15 is 0 Å². The molecule has 2 rings (SSSR count). The summed E-state index contributed by atoms with van der Waals surface area (Å²) in [6, 6.07) is 8.06. The highest BCUT2D eigenvalue weighted by molar-refractivity contribution is 5.91. The van der Waals surface area contributed by atoms with Crippen molar-refractivity contribution < 1.29 is 4.79 Å². The summed E-state index contributed by atoms with van der Waals surface area (Å²) in [6.07, 6.45) is 2.77. The lowest BCUT2D eigenvalue weighted by molar-refractivity contribution is 0.0779. The number of aryl methyl sites for hydroxylation is 1. The Morgan fingerprint density at radius 3 is 2.47 bits per heavy atom. The lowest BCUT2D eigenvalue weighted by atomic mass is 10.1. The first-order valence-electron chi connectivity index (χ1n) is 5.95. The molecule has 1 aromatic carbocycles. The van der Waals surface area contributed by atoms with Gasteiger partial charge in [-0.2, -0.15) is 0 Å². The summed E-state index contributed by atoms with van der Waals surface area (Å²) in [4.78, 5) is 21.6. The summed E-state index contributed by atoms with van der Waals surface area (Å²) >= 11 is 0. The van der Waals surface area contributed by atoms with Gasteiger partial charge in [0.1, 0.15) is 11.5 Å². The van der Waals surface area contributed by atoms with E-state index in [0.717, 1.165) is 5.56 Å². The van der Waals surface area contributed by atoms with E-state index in [9.17, 15) is 4.79 Å². The number of hydrogen-bond acceptors (Lipinski definition) is 4. The summed E-state index contributed by atoms with van der Waals surface area (Å²) in [5.41, 5.74) is 8.01. The first-order chi connectivity index (χ1) is 9.06. The van der Waals surface area contributed by atoms with Gasteiger partial charge in [-0.25, -0.2) is 9.97 Å². The molecule has 1 aromatic heterocycles. The molecule has 0 saturated carbocycles. The van der Waals surface area contributed by atoms with Crippen LogP contribution in [-0.4, -0.2) is 27.8 Å². The zero-order chi connectivity index (χ0) is 13.8. The van der Waals surface area contributed by atoms with E-state index in [0.29, 0.717) is 18.1 Å². The maximum Gasteiger partial charge on any atom is 0.274 e. The van der Waals surface area contributed by atoms with E-state index in [-0.39, 0.29) is 5.91 Å². The van der Waals surface area contributed by atoms with Crippen LogP contribution in [0, 0.1) is 6.92 Å². The fraction of sp³-hybridized carbons (Fsp3) is 0.214. The van der Waals surface area contributed by atoms with Crippen molar-refractivity contribution in [3.63, 3.8) is 0 Å². The van der Waals surface area contributed by atoms with E-state index in [2.05, 4.69) is 9.97 Å². The second-order valence-corrected chi connectivity index (χ2v) is 4.47. The molecule has 0 aliphatic carbocycles. The van der Waals surface area contributed by atoms with Crippen molar-refractivity contribution in [3.05, 3.63) is 53.5 Å². The van der Waals surface area contributed by atoms with Gasteiger partial charge in [-0.15, -0.1) is 0 Å². The quantitative estimate of drug-likeness (QED) is 0.906. The Balaban J connectivity index is 2.07. The van der Waals surface area contributed by atoms with Crippen LogP contribution < -0.4 is 5.73 Å². The molecule has 2 N–H and O–H groups in total. The lowest BCUT2D eigenvalue weighted by Crippen LogP contribution is -2.27. The predicted molar refractivity (Wildman–Crippen MR) is 73.4 cm³/mol. The van der Waals surface area contributed by atoms with Crippen molar-refractivity contribution in [2.24, 2.45) is 0 Å². The molecule has 2 aromatic rings. The molecule has 0 bridgehead atoms. The molecule has 0 atom stereocenters. The van der Waals surface area contributed by atoms with Gasteiger partial charge in [0.25, 0.3) is 5.91 Å². The first kappa shape index (κ1) is 13.0. The minimum atomic E-state index is -0.173. The van der Waals surface area contributed by atoms with E-state index in [1.807, 2.05) is 31.2 Å². The number of nitrogens with two attached hydrogens (primary N) is 1. The maximum absolute atomic E-state index is 12.1. The number of aromatic nitrogens is 2. The topological polar surface area (TPSA) is 72.1 Å². The van der Waals surface area contributed by atoms with Crippen molar-refractivity contribution in [2.45, 2.75) is 13.5 Å². The summed E-state index contributed by atoms with van der Waals surface area (Å²) < 4.78 is 0. The molecule has 0 radical (unpaired) electrons. The van der Waals surface area contributed by atoms with E-state index in [4.69, 9.17) is 5.73 Å². The number of rotatable bonds is 3. The first-order valence-corrected chi connectivity index (χ1v) is 5.95. The Morgan fingerprint density at radius 2 is 1.89 bits per heavy atom. The number of nitrogen functional groups attached to an aromatic ring is 1. The number of carbonyl (C=O) groups excluding carboxylic acids is 1. The third-order valence-electron chi connectivity index (χ3n) is 2.78. The number of hydrogen-bond donors (Lipinski definition) is 1. The average molecular weight is 256 g/mol. The molecule has 5 nitrogen and oxygen atoms in total. The number of carbonyl (C=O) groups is 1. The standard InChI is InChI=1S/C14H16N4O/c1-10-3-5-11(6-4-10)9-18(2)14(19)12-7-17-13(15)8-16-12/h3-8H,9H2,1-2H3,(H2,15,17). The van der Waals surface area contributed by atoms with Gasteiger partial charge in [-0.05, 0) is 12.5 Å². The molecule has 0 saturated heterocycles. The predicted octanol–water partition coefficient (Wildman–Crippen LogP) is 1.64. The number of benzene rings is 1. The molecule has 1 heterocycles. The van der Waals surface area contributed by atoms with E-state index < -0.39 is 0 Å². The van der Waals surface area contributed by atoms with Gasteiger partial charge in [0, 0.05) is 13.6 Å². The highest BCUT2D eigenvalue weighted by Crippen LogP contribution is 2.08. The molecule has 0 aliphatic heterocycles. The SMILES string of the molecule is Cc1ccc(CN(C)C(=O)c2cnc(N)cn2)cc1. The Bertz CT molecular complexity index is 563. The second-order valence-electron chi connectivity index (χ2n) is 4.47. The highest BCUT2D eigenvalue weighted by Gasteiger charge is 2.13. The van der Waals surface area contributed by atoms with Gasteiger partial charge in [-0.1, -0.05) is 29.8 Å². The minimum absolute atomic E-state index is 0.173. The van der Waals surface area contributed by atoms with E-state index in [1.165, 1.54) is 18.0 Å². The summed E-state index contributed by atoms with van der Waals surface area (Å²) in [7, 11) is 1.74. The van der Waals surface area contributed by atoms with Crippen molar-refractivity contribution >= 4 is 11.7 Å². The van der Waals surface area contributed by atoms with Gasteiger partial charge in [0.2, 0.25) is 0 Å². The van der Waals surface area contributed by atoms with Crippen LogP contribution in [0.1, 0.15) is 21.6 Å². The van der Waals surface area contributed by atoms with Crippen LogP contribution in [0.2, 0.25) is 0 Å². The second kappa shape index (κ2) is 5.48. The highest BCUT2D eigenvalue weighted by atomic mass is 16.2. The van der Waals surface area contributed by atoms with Crippen molar-refractivity contribution in [1.82, 2.24) is 14.9 Å². The van der Waals surface area contributed by atoms with Crippen LogP contribution in [0.3, 0.4) is 0 Å². The number of amides is 1. The van der Waals surface area contributed by atoms with Crippen LogP contribution in [0.5, 0.6) is 0 Å². The molecule has 0 spiro atoms. The third kappa shape index (κ3) is 3.28. The minimum Gasteiger partial charge on any atom is -0.382 e. The zero-order valence-electron chi connectivity index (χ0n) is 11.0. The van der Waals surface area contributed by atoms with Crippen LogP contribution in [0.25, 0.3) is 0 Å². The molecule has 0 fully saturated rings. The molecule has 1 amide bonds. The Hall–Kier alpha value is -2.43. The molecule has 5 heteroatoms. The summed E-state index contributed by atoms with van der Waals surface area (Å²) in [5, 5.41) is 0. The van der Waals surface area contributed by atoms with Crippen molar-refractivity contribution in [3.8, 4) is 0 Å². The summed E-state index contributed by atoms with van der Waals surface area (Å²) in [5.74, 6) is 0.130. The molecule has 19 heavy (non-hydrogen) atoms. The Labute approximate surface area is 112 Å². The molecule has 0 aliphatic rings. The number of nitrogens with zero attached hydrogens (tertiary/aromatic N) is 3. The van der Waals surface area contributed by atoms with E-state index in [1.54, 1.807) is 11.9 Å². The third-order valence-corrected chi connectivity index (χ3v) is 2.78. The fourth-order valence-corrected chi connectivity index (χ4v) is 1.68. The fourth-order valence-electron chi connectivity index (χ4n) is 1.68. The Kier molecular flexibility index (Phi) is 3.75. The van der Waals surface area contributed by atoms with Gasteiger partial charge in [0.15, 0.2) is 0 Å². The summed E-state index contributed by atoms with van der Waals surface area (Å²) in [6.45, 7) is 2.56. The van der Waals surface area contributed by atoms with Gasteiger partial charge >= 0.3 is 0 Å². The normalized spacial score (nSPS) is 10.2. The van der Waals surface area contributed by atoms with Crippen molar-refractivity contribution in [1.29, 1.82) is 0 Å². The van der Waals surface area contributed by atoms with Gasteiger partial charge < -0.3 is 10.6 Å². The molecule has 0 unspecified atom stereocenters. The zero-order valence-corrected chi connectivity index (χ0v) is 11.0. The maximum atomic E-state index is 12.1. The smallest absolute Gasteiger partial charge is 0.274 e. The molecular formula is C14H16N4O. The largest absolute Gasteiger partial charge is 0.382 e.